The number of para-hydroxylation sites is 1. The summed E-state index contributed by atoms with van der Waals surface area (Å²) in [7, 11) is 0. The van der Waals surface area contributed by atoms with E-state index in [1.165, 1.54) is 25.0 Å². The SMILES string of the molecule is O=c1c2ccccc2nc(-c2ccc(-c3cccn3C3CCC3)cc2)n1-c1ccc(Cl)cn1. The van der Waals surface area contributed by atoms with Gasteiger partial charge in [-0.2, -0.15) is 0 Å². The average Bonchev–Trinajstić information content (AvgIpc) is 3.28. The number of rotatable bonds is 4. The molecular weight excluding hydrogens is 432 g/mol. The second-order valence-electron chi connectivity index (χ2n) is 8.39. The Hall–Kier alpha value is -3.70. The van der Waals surface area contributed by atoms with Crippen LogP contribution in [0.5, 0.6) is 0 Å². The largest absolute Gasteiger partial charge is 0.344 e. The third kappa shape index (κ3) is 3.45. The molecule has 0 atom stereocenters. The highest BCUT2D eigenvalue weighted by Crippen LogP contribution is 2.36. The molecule has 6 heteroatoms. The van der Waals surface area contributed by atoms with Crippen LogP contribution in [0.15, 0.2) is 90.0 Å². The molecule has 162 valence electrons. The number of fused-ring (bicyclic) bond motifs is 1. The summed E-state index contributed by atoms with van der Waals surface area (Å²) in [5, 5.41) is 1.06. The lowest BCUT2D eigenvalue weighted by molar-refractivity contribution is 0.317. The molecule has 3 aromatic heterocycles. The first-order valence-electron chi connectivity index (χ1n) is 11.1. The van der Waals surface area contributed by atoms with Gasteiger partial charge in [0.2, 0.25) is 0 Å². The van der Waals surface area contributed by atoms with Gasteiger partial charge in [0, 0.05) is 29.7 Å². The number of pyridine rings is 1. The van der Waals surface area contributed by atoms with Crippen molar-refractivity contribution in [2.75, 3.05) is 0 Å². The molecule has 2 aromatic carbocycles. The van der Waals surface area contributed by atoms with Crippen molar-refractivity contribution >= 4 is 22.5 Å². The van der Waals surface area contributed by atoms with Crippen molar-refractivity contribution < 1.29 is 0 Å². The Bertz CT molecular complexity index is 1510. The zero-order chi connectivity index (χ0) is 22.4. The Morgan fingerprint density at radius 1 is 0.879 bits per heavy atom. The molecule has 0 spiro atoms. The number of halogens is 1. The summed E-state index contributed by atoms with van der Waals surface area (Å²) in [4.78, 5) is 22.7. The van der Waals surface area contributed by atoms with E-state index in [0.717, 1.165) is 11.1 Å². The molecule has 1 aliphatic carbocycles. The van der Waals surface area contributed by atoms with Crippen molar-refractivity contribution in [2.45, 2.75) is 25.3 Å². The molecule has 0 N–H and O–H groups in total. The van der Waals surface area contributed by atoms with E-state index in [1.807, 2.05) is 30.3 Å². The van der Waals surface area contributed by atoms with Crippen LogP contribution in [0.2, 0.25) is 5.02 Å². The lowest BCUT2D eigenvalue weighted by Gasteiger charge is -2.29. The molecule has 1 aliphatic rings. The Balaban J connectivity index is 1.50. The van der Waals surface area contributed by atoms with Crippen LogP contribution in [-0.4, -0.2) is 19.1 Å². The van der Waals surface area contributed by atoms with Crippen LogP contribution in [0.3, 0.4) is 0 Å². The Morgan fingerprint density at radius 2 is 1.67 bits per heavy atom. The second kappa shape index (κ2) is 8.01. The highest BCUT2D eigenvalue weighted by atomic mass is 35.5. The smallest absolute Gasteiger partial charge is 0.267 e. The molecule has 0 unspecified atom stereocenters. The van der Waals surface area contributed by atoms with E-state index in [0.29, 0.717) is 33.6 Å². The van der Waals surface area contributed by atoms with Crippen molar-refractivity contribution in [3.8, 4) is 28.5 Å². The fourth-order valence-corrected chi connectivity index (χ4v) is 4.56. The summed E-state index contributed by atoms with van der Waals surface area (Å²) in [6.07, 6.45) is 7.48. The standard InChI is InChI=1S/C27H21ClN4O/c28-20-14-15-25(29-17-20)32-26(30-23-8-2-1-7-22(23)27(32)33)19-12-10-18(11-13-19)24-9-4-16-31(24)21-5-3-6-21/h1-2,4,7-17,21H,3,5-6H2. The minimum absolute atomic E-state index is 0.159. The average molecular weight is 453 g/mol. The first-order chi connectivity index (χ1) is 16.2. The number of nitrogens with zero attached hydrogens (tertiary/aromatic N) is 4. The first-order valence-corrected chi connectivity index (χ1v) is 11.5. The molecule has 0 amide bonds. The summed E-state index contributed by atoms with van der Waals surface area (Å²) in [5.41, 5.74) is 3.71. The van der Waals surface area contributed by atoms with Crippen LogP contribution < -0.4 is 5.56 Å². The predicted molar refractivity (Wildman–Crippen MR) is 132 cm³/mol. The Labute approximate surface area is 195 Å². The monoisotopic (exact) mass is 452 g/mol. The molecule has 0 bridgehead atoms. The van der Waals surface area contributed by atoms with Gasteiger partial charge >= 0.3 is 0 Å². The third-order valence-corrected chi connectivity index (χ3v) is 6.63. The fraction of sp³-hybridized carbons (Fsp3) is 0.148. The maximum atomic E-state index is 13.5. The van der Waals surface area contributed by atoms with E-state index in [-0.39, 0.29) is 5.56 Å². The van der Waals surface area contributed by atoms with Crippen molar-refractivity contribution in [1.29, 1.82) is 0 Å². The van der Waals surface area contributed by atoms with E-state index >= 15 is 0 Å². The minimum atomic E-state index is -0.159. The van der Waals surface area contributed by atoms with Crippen molar-refractivity contribution in [2.24, 2.45) is 0 Å². The van der Waals surface area contributed by atoms with Crippen LogP contribution in [0.1, 0.15) is 25.3 Å². The van der Waals surface area contributed by atoms with Crippen LogP contribution in [0.25, 0.3) is 39.4 Å². The number of benzene rings is 2. The van der Waals surface area contributed by atoms with Gasteiger partial charge in [0.15, 0.2) is 0 Å². The van der Waals surface area contributed by atoms with Crippen LogP contribution >= 0.6 is 11.6 Å². The fourth-order valence-electron chi connectivity index (χ4n) is 4.45. The second-order valence-corrected chi connectivity index (χ2v) is 8.83. The summed E-state index contributed by atoms with van der Waals surface area (Å²) in [5.74, 6) is 1.04. The van der Waals surface area contributed by atoms with Crippen molar-refractivity contribution in [3.63, 3.8) is 0 Å². The quantitative estimate of drug-likeness (QED) is 0.322. The highest BCUT2D eigenvalue weighted by Gasteiger charge is 2.21. The zero-order valence-corrected chi connectivity index (χ0v) is 18.6. The van der Waals surface area contributed by atoms with E-state index < -0.39 is 0 Å². The van der Waals surface area contributed by atoms with Gasteiger partial charge in [-0.1, -0.05) is 48.0 Å². The maximum Gasteiger partial charge on any atom is 0.267 e. The van der Waals surface area contributed by atoms with E-state index in [2.05, 4.69) is 40.0 Å². The van der Waals surface area contributed by atoms with E-state index in [1.54, 1.807) is 29.0 Å². The Kier molecular flexibility index (Phi) is 4.84. The molecular formula is C27H21ClN4O. The molecule has 33 heavy (non-hydrogen) atoms. The molecule has 6 rings (SSSR count). The topological polar surface area (TPSA) is 52.7 Å². The van der Waals surface area contributed by atoms with Crippen LogP contribution in [-0.2, 0) is 0 Å². The van der Waals surface area contributed by atoms with Crippen molar-refractivity contribution in [1.82, 2.24) is 19.1 Å². The Morgan fingerprint density at radius 3 is 2.39 bits per heavy atom. The van der Waals surface area contributed by atoms with Gasteiger partial charge in [-0.15, -0.1) is 0 Å². The van der Waals surface area contributed by atoms with Gasteiger partial charge in [-0.25, -0.2) is 14.5 Å². The van der Waals surface area contributed by atoms with Crippen molar-refractivity contribution in [3.05, 3.63) is 101 Å². The minimum Gasteiger partial charge on any atom is -0.344 e. The summed E-state index contributed by atoms with van der Waals surface area (Å²) < 4.78 is 3.94. The normalized spacial score (nSPS) is 13.8. The van der Waals surface area contributed by atoms with Gasteiger partial charge in [-0.05, 0) is 61.2 Å². The van der Waals surface area contributed by atoms with Gasteiger partial charge in [-0.3, -0.25) is 4.79 Å². The molecule has 3 heterocycles. The third-order valence-electron chi connectivity index (χ3n) is 6.40. The van der Waals surface area contributed by atoms with Crippen LogP contribution in [0, 0.1) is 0 Å². The van der Waals surface area contributed by atoms with Gasteiger partial charge < -0.3 is 4.57 Å². The van der Waals surface area contributed by atoms with Gasteiger partial charge in [0.25, 0.3) is 5.56 Å². The number of hydrogen-bond acceptors (Lipinski definition) is 3. The molecule has 0 radical (unpaired) electrons. The van der Waals surface area contributed by atoms with Gasteiger partial charge in [0.1, 0.15) is 11.6 Å². The highest BCUT2D eigenvalue weighted by molar-refractivity contribution is 6.30. The molecule has 1 saturated carbocycles. The van der Waals surface area contributed by atoms with Crippen LogP contribution in [0.4, 0.5) is 0 Å². The molecule has 0 saturated heterocycles. The van der Waals surface area contributed by atoms with Gasteiger partial charge in [0.05, 0.1) is 15.9 Å². The molecule has 1 fully saturated rings. The van der Waals surface area contributed by atoms with E-state index in [4.69, 9.17) is 16.6 Å². The summed E-state index contributed by atoms with van der Waals surface area (Å²) >= 11 is 6.04. The predicted octanol–water partition coefficient (Wildman–Crippen LogP) is 6.29. The number of hydrogen-bond donors (Lipinski definition) is 0. The molecule has 5 nitrogen and oxygen atoms in total. The zero-order valence-electron chi connectivity index (χ0n) is 17.9. The van der Waals surface area contributed by atoms with E-state index in [9.17, 15) is 4.79 Å². The first kappa shape index (κ1) is 19.9. The number of aromatic nitrogens is 4. The molecule has 5 aromatic rings. The lowest BCUT2D eigenvalue weighted by atomic mass is 9.92. The lowest BCUT2D eigenvalue weighted by Crippen LogP contribution is -2.22. The molecule has 0 aliphatic heterocycles. The summed E-state index contributed by atoms with van der Waals surface area (Å²) in [6, 6.07) is 24.0. The maximum absolute atomic E-state index is 13.5. The summed E-state index contributed by atoms with van der Waals surface area (Å²) in [6.45, 7) is 0.